The van der Waals surface area contributed by atoms with Crippen LogP contribution < -0.4 is 4.74 Å². The molecule has 0 aliphatic rings. The second-order valence-corrected chi connectivity index (χ2v) is 5.70. The summed E-state index contributed by atoms with van der Waals surface area (Å²) in [7, 11) is 1.62. The van der Waals surface area contributed by atoms with Crippen molar-refractivity contribution in [2.75, 3.05) is 7.11 Å². The fraction of sp³-hybridized carbons (Fsp3) is 0.100. The first kappa shape index (κ1) is 17.3. The average Bonchev–Trinajstić information content (AvgIpc) is 3.01. The molecule has 0 saturated heterocycles. The molecular weight excluding hydrogens is 332 g/mol. The van der Waals surface area contributed by atoms with Crippen LogP contribution in [-0.2, 0) is 0 Å². The van der Waals surface area contributed by atoms with Crippen LogP contribution >= 0.6 is 0 Å². The van der Waals surface area contributed by atoms with E-state index in [0.29, 0.717) is 5.69 Å². The van der Waals surface area contributed by atoms with Crippen LogP contribution in [0.1, 0.15) is 21.7 Å². The highest BCUT2D eigenvalue weighted by atomic mass is 16.5. The van der Waals surface area contributed by atoms with Gasteiger partial charge in [-0.15, -0.1) is 0 Å². The van der Waals surface area contributed by atoms with E-state index >= 15 is 0 Å². The first-order valence-corrected chi connectivity index (χ1v) is 7.93. The van der Waals surface area contributed by atoms with E-state index in [1.165, 1.54) is 12.1 Å². The summed E-state index contributed by atoms with van der Waals surface area (Å²) in [5, 5.41) is 18.7. The maximum absolute atomic E-state index is 11.1. The van der Waals surface area contributed by atoms with E-state index in [1.807, 2.05) is 47.9 Å². The zero-order valence-corrected chi connectivity index (χ0v) is 14.4. The van der Waals surface area contributed by atoms with E-state index in [-0.39, 0.29) is 11.3 Å². The lowest BCUT2D eigenvalue weighted by Crippen LogP contribution is -2.01. The third kappa shape index (κ3) is 3.44. The second kappa shape index (κ2) is 7.14. The molecule has 6 heteroatoms. The number of hydrogen-bond acceptors (Lipinski definition) is 4. The molecule has 2 N–H and O–H groups in total. The van der Waals surface area contributed by atoms with Crippen LogP contribution in [0.5, 0.6) is 11.5 Å². The smallest absolute Gasteiger partial charge is 0.339 e. The fourth-order valence-electron chi connectivity index (χ4n) is 2.66. The normalized spacial score (nSPS) is 11.0. The molecule has 26 heavy (non-hydrogen) atoms. The zero-order valence-electron chi connectivity index (χ0n) is 14.4. The van der Waals surface area contributed by atoms with Gasteiger partial charge in [-0.05, 0) is 61.5 Å². The first-order chi connectivity index (χ1) is 12.5. The summed E-state index contributed by atoms with van der Waals surface area (Å²) in [6.07, 6.45) is 1.66. The van der Waals surface area contributed by atoms with Crippen molar-refractivity contribution in [3.63, 3.8) is 0 Å². The largest absolute Gasteiger partial charge is 0.507 e. The van der Waals surface area contributed by atoms with Crippen molar-refractivity contribution in [2.24, 2.45) is 4.99 Å². The van der Waals surface area contributed by atoms with Gasteiger partial charge in [0, 0.05) is 11.4 Å². The van der Waals surface area contributed by atoms with Gasteiger partial charge in [0.15, 0.2) is 0 Å². The quantitative estimate of drug-likeness (QED) is 0.683. The number of hydrogen-bond donors (Lipinski definition) is 2. The minimum Gasteiger partial charge on any atom is -0.507 e. The van der Waals surface area contributed by atoms with Gasteiger partial charge in [0.2, 0.25) is 0 Å². The summed E-state index contributed by atoms with van der Waals surface area (Å²) in [5.41, 5.74) is 3.11. The number of ether oxygens (including phenoxy) is 1. The number of benzene rings is 2. The number of aromatic carboxylic acids is 1. The number of phenols is 1. The van der Waals surface area contributed by atoms with Crippen LogP contribution in [0.25, 0.3) is 5.69 Å². The third-order valence-electron chi connectivity index (χ3n) is 3.99. The molecule has 132 valence electrons. The van der Waals surface area contributed by atoms with Gasteiger partial charge in [-0.2, -0.15) is 0 Å². The molecule has 0 fully saturated rings. The minimum absolute atomic E-state index is 0.179. The van der Waals surface area contributed by atoms with E-state index < -0.39 is 5.97 Å². The van der Waals surface area contributed by atoms with Gasteiger partial charge in [0.25, 0.3) is 0 Å². The van der Waals surface area contributed by atoms with Gasteiger partial charge >= 0.3 is 5.97 Å². The summed E-state index contributed by atoms with van der Waals surface area (Å²) < 4.78 is 7.22. The molecule has 0 atom stereocenters. The maximum atomic E-state index is 11.1. The van der Waals surface area contributed by atoms with Gasteiger partial charge in [-0.3, -0.25) is 4.99 Å². The van der Waals surface area contributed by atoms with E-state index in [9.17, 15) is 9.90 Å². The van der Waals surface area contributed by atoms with Crippen LogP contribution in [0.3, 0.4) is 0 Å². The van der Waals surface area contributed by atoms with Crippen molar-refractivity contribution in [1.29, 1.82) is 0 Å². The lowest BCUT2D eigenvalue weighted by Gasteiger charge is -2.10. The molecule has 0 saturated carbocycles. The SMILES string of the molecule is COc1ccc(-n2c(C)ccc2C=Nc2ccc(O)c(C(=O)O)c2)cc1. The molecule has 1 aromatic heterocycles. The Morgan fingerprint density at radius 1 is 1.12 bits per heavy atom. The van der Waals surface area contributed by atoms with Crippen LogP contribution in [0.4, 0.5) is 5.69 Å². The van der Waals surface area contributed by atoms with E-state index in [2.05, 4.69) is 4.99 Å². The number of carboxylic acids is 1. The maximum Gasteiger partial charge on any atom is 0.339 e. The van der Waals surface area contributed by atoms with Crippen LogP contribution in [0.2, 0.25) is 0 Å². The molecule has 3 aromatic rings. The van der Waals surface area contributed by atoms with Gasteiger partial charge in [-0.1, -0.05) is 0 Å². The molecule has 0 aliphatic carbocycles. The number of aryl methyl sites for hydroxylation is 1. The Morgan fingerprint density at radius 2 is 1.85 bits per heavy atom. The summed E-state index contributed by atoms with van der Waals surface area (Å²) in [6, 6.07) is 15.8. The number of aromatic nitrogens is 1. The van der Waals surface area contributed by atoms with Gasteiger partial charge in [0.05, 0.1) is 24.7 Å². The number of aromatic hydroxyl groups is 1. The van der Waals surface area contributed by atoms with Crippen molar-refractivity contribution in [3.05, 3.63) is 71.5 Å². The van der Waals surface area contributed by atoms with Crippen molar-refractivity contribution in [2.45, 2.75) is 6.92 Å². The molecule has 3 rings (SSSR count). The molecule has 6 nitrogen and oxygen atoms in total. The van der Waals surface area contributed by atoms with E-state index in [4.69, 9.17) is 9.84 Å². The molecule has 1 heterocycles. The van der Waals surface area contributed by atoms with E-state index in [1.54, 1.807) is 19.4 Å². The predicted octanol–water partition coefficient (Wildman–Crippen LogP) is 3.95. The first-order valence-electron chi connectivity index (χ1n) is 7.93. The molecule has 0 bridgehead atoms. The molecule has 0 spiro atoms. The highest BCUT2D eigenvalue weighted by molar-refractivity contribution is 5.92. The lowest BCUT2D eigenvalue weighted by atomic mass is 10.2. The Bertz CT molecular complexity index is 972. The average molecular weight is 350 g/mol. The van der Waals surface area contributed by atoms with Gasteiger partial charge < -0.3 is 19.5 Å². The Kier molecular flexibility index (Phi) is 4.75. The highest BCUT2D eigenvalue weighted by Crippen LogP contribution is 2.24. The van der Waals surface area contributed by atoms with Gasteiger partial charge in [0.1, 0.15) is 17.1 Å². The standard InChI is InChI=1S/C20H18N2O4/c1-13-3-5-16(22(13)15-6-8-17(26-2)9-7-15)12-21-14-4-10-19(23)18(11-14)20(24)25/h3-12,23H,1-2H3,(H,24,25). The number of carboxylic acid groups (broad SMARTS) is 1. The third-order valence-corrected chi connectivity index (χ3v) is 3.99. The summed E-state index contributed by atoms with van der Waals surface area (Å²) >= 11 is 0. The Morgan fingerprint density at radius 3 is 2.50 bits per heavy atom. The van der Waals surface area contributed by atoms with Crippen LogP contribution in [0.15, 0.2) is 59.6 Å². The minimum atomic E-state index is -1.20. The predicted molar refractivity (Wildman–Crippen MR) is 99.4 cm³/mol. The Labute approximate surface area is 150 Å². The van der Waals surface area contributed by atoms with Crippen LogP contribution in [-0.4, -0.2) is 34.1 Å². The van der Waals surface area contributed by atoms with Crippen LogP contribution in [0, 0.1) is 6.92 Å². The molecule has 0 amide bonds. The Balaban J connectivity index is 1.95. The lowest BCUT2D eigenvalue weighted by molar-refractivity contribution is 0.0694. The number of aliphatic imine (C=N–C) groups is 1. The monoisotopic (exact) mass is 350 g/mol. The molecule has 0 aliphatic heterocycles. The van der Waals surface area contributed by atoms with Crippen molar-refractivity contribution in [1.82, 2.24) is 4.57 Å². The van der Waals surface area contributed by atoms with Crippen molar-refractivity contribution in [3.8, 4) is 17.2 Å². The zero-order chi connectivity index (χ0) is 18.7. The van der Waals surface area contributed by atoms with E-state index in [0.717, 1.165) is 22.8 Å². The second-order valence-electron chi connectivity index (χ2n) is 5.70. The van der Waals surface area contributed by atoms with Gasteiger partial charge in [-0.25, -0.2) is 4.79 Å². The number of nitrogens with zero attached hydrogens (tertiary/aromatic N) is 2. The number of carbonyl (C=O) groups is 1. The summed E-state index contributed by atoms with van der Waals surface area (Å²) in [6.45, 7) is 1.99. The highest BCUT2D eigenvalue weighted by Gasteiger charge is 2.10. The fourth-order valence-corrected chi connectivity index (χ4v) is 2.66. The van der Waals surface area contributed by atoms with Crippen molar-refractivity contribution < 1.29 is 19.7 Å². The molecular formula is C20H18N2O4. The number of rotatable bonds is 5. The molecule has 0 unspecified atom stereocenters. The molecule has 0 radical (unpaired) electrons. The van der Waals surface area contributed by atoms with Crippen molar-refractivity contribution >= 4 is 17.9 Å². The summed E-state index contributed by atoms with van der Waals surface area (Å²) in [4.78, 5) is 15.5. The topological polar surface area (TPSA) is 84.0 Å². The Hall–Kier alpha value is -3.54. The molecule has 2 aromatic carbocycles. The summed E-state index contributed by atoms with van der Waals surface area (Å²) in [5.74, 6) is -0.704. The number of methoxy groups -OCH3 is 1.